The third kappa shape index (κ3) is 1.51. The highest BCUT2D eigenvalue weighted by molar-refractivity contribution is 6.05. The highest BCUT2D eigenvalue weighted by atomic mass is 14.9. The molecule has 0 N–H and O–H groups in total. The van der Waals surface area contributed by atoms with Crippen LogP contribution in [0.15, 0.2) is 36.4 Å². The smallest absolute Gasteiger partial charge is 0.199 e. The second kappa shape index (κ2) is 3.81. The van der Waals surface area contributed by atoms with Gasteiger partial charge in [-0.15, -0.1) is 0 Å². The van der Waals surface area contributed by atoms with Gasteiger partial charge in [-0.25, -0.2) is 0 Å². The predicted molar refractivity (Wildman–Crippen MR) is 76.8 cm³/mol. The van der Waals surface area contributed by atoms with Crippen LogP contribution in [0.25, 0.3) is 21.7 Å². The summed E-state index contributed by atoms with van der Waals surface area (Å²) in [5.74, 6) is 0. The third-order valence-corrected chi connectivity index (χ3v) is 4.03. The molecule has 1 heterocycles. The Hall–Kier alpha value is -1.89. The molecule has 0 aliphatic heterocycles. The number of aryl methyl sites for hydroxylation is 4. The molecule has 0 saturated carbocycles. The minimum absolute atomic E-state index is 1.28. The van der Waals surface area contributed by atoms with E-state index in [1.807, 2.05) is 0 Å². The zero-order chi connectivity index (χ0) is 12.9. The van der Waals surface area contributed by atoms with Gasteiger partial charge >= 0.3 is 0 Å². The Bertz CT molecular complexity index is 770. The van der Waals surface area contributed by atoms with E-state index in [9.17, 15) is 0 Å². The molecule has 3 aromatic rings. The molecule has 1 heteroatoms. The van der Waals surface area contributed by atoms with Crippen LogP contribution in [-0.2, 0) is 7.05 Å². The van der Waals surface area contributed by atoms with Crippen LogP contribution < -0.4 is 4.57 Å². The molecule has 0 aliphatic rings. The number of aromatic nitrogens is 1. The van der Waals surface area contributed by atoms with Crippen molar-refractivity contribution in [2.45, 2.75) is 20.8 Å². The third-order valence-electron chi connectivity index (χ3n) is 4.03. The standard InChI is InChI=1S/C17H18N/c1-11-9-14-6-8-17-15(16(14)10-12(11)2)7-5-13(3)18(17)4/h5-10H,1-4H3/q+1. The topological polar surface area (TPSA) is 3.88 Å². The molecular formula is C17H18N+. The number of rotatable bonds is 0. The Morgan fingerprint density at radius 1 is 0.778 bits per heavy atom. The molecule has 90 valence electrons. The molecule has 0 radical (unpaired) electrons. The van der Waals surface area contributed by atoms with E-state index in [1.165, 1.54) is 38.5 Å². The Kier molecular flexibility index (Phi) is 2.37. The fourth-order valence-corrected chi connectivity index (χ4v) is 2.58. The lowest BCUT2D eigenvalue weighted by Crippen LogP contribution is -2.32. The first-order valence-corrected chi connectivity index (χ1v) is 6.37. The van der Waals surface area contributed by atoms with Crippen LogP contribution in [0.5, 0.6) is 0 Å². The fraction of sp³-hybridized carbons (Fsp3) is 0.235. The molecule has 0 fully saturated rings. The Balaban J connectivity index is 2.54. The monoisotopic (exact) mass is 236 g/mol. The number of fused-ring (bicyclic) bond motifs is 3. The van der Waals surface area contributed by atoms with Crippen LogP contribution in [0.1, 0.15) is 16.8 Å². The normalized spacial score (nSPS) is 11.3. The molecule has 2 aromatic carbocycles. The van der Waals surface area contributed by atoms with E-state index in [-0.39, 0.29) is 0 Å². The summed E-state index contributed by atoms with van der Waals surface area (Å²) in [5, 5.41) is 4.02. The lowest BCUT2D eigenvalue weighted by atomic mass is 9.99. The van der Waals surface area contributed by atoms with Crippen molar-refractivity contribution in [1.82, 2.24) is 0 Å². The molecule has 18 heavy (non-hydrogen) atoms. The Morgan fingerprint density at radius 3 is 2.28 bits per heavy atom. The minimum atomic E-state index is 1.28. The fourth-order valence-electron chi connectivity index (χ4n) is 2.58. The SMILES string of the molecule is Cc1cc2ccc3c(ccc(C)[n+]3C)c2cc1C. The second-order valence-electron chi connectivity index (χ2n) is 5.19. The van der Waals surface area contributed by atoms with Crippen molar-refractivity contribution < 1.29 is 4.57 Å². The largest absolute Gasteiger partial charge is 0.213 e. The van der Waals surface area contributed by atoms with Crippen molar-refractivity contribution in [2.75, 3.05) is 0 Å². The molecule has 0 spiro atoms. The van der Waals surface area contributed by atoms with Gasteiger partial charge in [-0.3, -0.25) is 0 Å². The first-order chi connectivity index (χ1) is 8.58. The van der Waals surface area contributed by atoms with E-state index in [0.717, 1.165) is 0 Å². The summed E-state index contributed by atoms with van der Waals surface area (Å²) in [6.07, 6.45) is 0. The van der Waals surface area contributed by atoms with Gasteiger partial charge in [0.25, 0.3) is 0 Å². The van der Waals surface area contributed by atoms with Gasteiger partial charge in [0.2, 0.25) is 5.52 Å². The zero-order valence-electron chi connectivity index (χ0n) is 11.4. The molecule has 1 nitrogen and oxygen atoms in total. The lowest BCUT2D eigenvalue weighted by Gasteiger charge is -2.07. The molecule has 1 aromatic heterocycles. The van der Waals surface area contributed by atoms with Gasteiger partial charge in [-0.05, 0) is 47.9 Å². The van der Waals surface area contributed by atoms with E-state index in [1.54, 1.807) is 0 Å². The van der Waals surface area contributed by atoms with Crippen LogP contribution in [0.2, 0.25) is 0 Å². The van der Waals surface area contributed by atoms with Crippen molar-refractivity contribution in [3.63, 3.8) is 0 Å². The van der Waals surface area contributed by atoms with Crippen LogP contribution in [0, 0.1) is 20.8 Å². The highest BCUT2D eigenvalue weighted by Gasteiger charge is 2.11. The van der Waals surface area contributed by atoms with E-state index in [4.69, 9.17) is 0 Å². The summed E-state index contributed by atoms with van der Waals surface area (Å²) >= 11 is 0. The Labute approximate surface area is 108 Å². The summed E-state index contributed by atoms with van der Waals surface area (Å²) < 4.78 is 2.25. The summed E-state index contributed by atoms with van der Waals surface area (Å²) in [6, 6.07) is 13.5. The first-order valence-electron chi connectivity index (χ1n) is 6.37. The summed E-state index contributed by atoms with van der Waals surface area (Å²) in [6.45, 7) is 6.50. The van der Waals surface area contributed by atoms with Crippen molar-refractivity contribution in [2.24, 2.45) is 7.05 Å². The van der Waals surface area contributed by atoms with Gasteiger partial charge < -0.3 is 0 Å². The van der Waals surface area contributed by atoms with Crippen LogP contribution in [0.3, 0.4) is 0 Å². The van der Waals surface area contributed by atoms with Gasteiger partial charge in [-0.2, -0.15) is 4.57 Å². The molecule has 0 amide bonds. The first kappa shape index (κ1) is 11.2. The van der Waals surface area contributed by atoms with E-state index in [2.05, 4.69) is 68.8 Å². The van der Waals surface area contributed by atoms with Crippen molar-refractivity contribution in [3.05, 3.63) is 53.2 Å². The van der Waals surface area contributed by atoms with Gasteiger partial charge in [-0.1, -0.05) is 12.1 Å². The average Bonchev–Trinajstić information content (AvgIpc) is 2.35. The number of benzene rings is 2. The second-order valence-corrected chi connectivity index (χ2v) is 5.19. The van der Waals surface area contributed by atoms with Crippen molar-refractivity contribution in [3.8, 4) is 0 Å². The number of pyridine rings is 1. The predicted octanol–water partition coefficient (Wildman–Crippen LogP) is 3.74. The minimum Gasteiger partial charge on any atom is -0.199 e. The van der Waals surface area contributed by atoms with Gasteiger partial charge in [0.1, 0.15) is 7.05 Å². The number of hydrogen-bond donors (Lipinski definition) is 0. The van der Waals surface area contributed by atoms with Crippen molar-refractivity contribution >= 4 is 21.7 Å². The molecular weight excluding hydrogens is 218 g/mol. The van der Waals surface area contributed by atoms with E-state index >= 15 is 0 Å². The van der Waals surface area contributed by atoms with Gasteiger partial charge in [0, 0.05) is 19.1 Å². The Morgan fingerprint density at radius 2 is 1.50 bits per heavy atom. The molecule has 0 atom stereocenters. The highest BCUT2D eigenvalue weighted by Crippen LogP contribution is 2.26. The summed E-state index contributed by atoms with van der Waals surface area (Å²) in [7, 11) is 2.13. The van der Waals surface area contributed by atoms with Crippen molar-refractivity contribution in [1.29, 1.82) is 0 Å². The number of nitrogens with zero attached hydrogens (tertiary/aromatic N) is 1. The number of hydrogen-bond acceptors (Lipinski definition) is 0. The molecule has 0 unspecified atom stereocenters. The zero-order valence-corrected chi connectivity index (χ0v) is 11.4. The maximum absolute atomic E-state index is 2.31. The maximum atomic E-state index is 2.31. The maximum Gasteiger partial charge on any atom is 0.213 e. The lowest BCUT2D eigenvalue weighted by molar-refractivity contribution is -0.651. The quantitative estimate of drug-likeness (QED) is 0.413. The molecule has 3 rings (SSSR count). The van der Waals surface area contributed by atoms with Gasteiger partial charge in [0.05, 0.1) is 5.39 Å². The average molecular weight is 236 g/mol. The van der Waals surface area contributed by atoms with Crippen LogP contribution >= 0.6 is 0 Å². The molecule has 0 aliphatic carbocycles. The molecule has 0 bridgehead atoms. The van der Waals surface area contributed by atoms with Crippen LogP contribution in [-0.4, -0.2) is 0 Å². The van der Waals surface area contributed by atoms with Gasteiger partial charge in [0.15, 0.2) is 5.69 Å². The summed E-state index contributed by atoms with van der Waals surface area (Å²) in [5.41, 5.74) is 5.30. The van der Waals surface area contributed by atoms with E-state index in [0.29, 0.717) is 0 Å². The van der Waals surface area contributed by atoms with E-state index < -0.39 is 0 Å². The van der Waals surface area contributed by atoms with Crippen LogP contribution in [0.4, 0.5) is 0 Å². The molecule has 0 saturated heterocycles. The summed E-state index contributed by atoms with van der Waals surface area (Å²) in [4.78, 5) is 0.